The van der Waals surface area contributed by atoms with Gasteiger partial charge in [0.05, 0.1) is 14.1 Å². The third-order valence-electron chi connectivity index (χ3n) is 5.59. The molecule has 0 unspecified atom stereocenters. The Bertz CT molecular complexity index is 904. The fraction of sp³-hybridized carbons (Fsp3) is 0.250. The Hall–Kier alpha value is -2.38. The third-order valence-corrected chi connectivity index (χ3v) is 5.59. The van der Waals surface area contributed by atoms with Crippen LogP contribution in [0.1, 0.15) is 23.1 Å². The van der Waals surface area contributed by atoms with E-state index in [1.54, 1.807) is 0 Å². The van der Waals surface area contributed by atoms with Gasteiger partial charge >= 0.3 is 0 Å². The minimum atomic E-state index is 0.762. The lowest BCUT2D eigenvalue weighted by atomic mass is 9.93. The summed E-state index contributed by atoms with van der Waals surface area (Å²) in [6.07, 6.45) is 3.55. The van der Waals surface area contributed by atoms with Gasteiger partial charge in [-0.25, -0.2) is 0 Å². The standard InChI is InChI=1S/C24H26N/c1-18-14-16-21(17-15-18)25(2,3)23-13-7-11-20-10-6-9-19-8-4-5-12-22(19)24(20)23/h4-5,7-8,11-17H,6,9-10H2,1-3H3/q+1. The lowest BCUT2D eigenvalue weighted by Gasteiger charge is -2.32. The molecule has 0 aromatic heterocycles. The molecule has 0 radical (unpaired) electrons. The van der Waals surface area contributed by atoms with Crippen LogP contribution in [0.2, 0.25) is 0 Å². The van der Waals surface area contributed by atoms with Crippen molar-refractivity contribution in [2.24, 2.45) is 0 Å². The van der Waals surface area contributed by atoms with Gasteiger partial charge in [-0.05, 0) is 55.0 Å². The van der Waals surface area contributed by atoms with Crippen LogP contribution in [0.4, 0.5) is 11.4 Å². The van der Waals surface area contributed by atoms with E-state index < -0.39 is 0 Å². The summed E-state index contributed by atoms with van der Waals surface area (Å²) in [6, 6.07) is 24.8. The van der Waals surface area contributed by atoms with Crippen LogP contribution in [0.25, 0.3) is 11.1 Å². The van der Waals surface area contributed by atoms with Gasteiger partial charge in [0.15, 0.2) is 0 Å². The van der Waals surface area contributed by atoms with E-state index in [0.29, 0.717) is 0 Å². The summed E-state index contributed by atoms with van der Waals surface area (Å²) in [6.45, 7) is 2.15. The second-order valence-electron chi connectivity index (χ2n) is 7.61. The van der Waals surface area contributed by atoms with Crippen LogP contribution < -0.4 is 4.48 Å². The zero-order valence-corrected chi connectivity index (χ0v) is 15.4. The van der Waals surface area contributed by atoms with Crippen molar-refractivity contribution in [2.75, 3.05) is 14.1 Å². The second kappa shape index (κ2) is 6.16. The molecule has 0 bridgehead atoms. The van der Waals surface area contributed by atoms with E-state index in [4.69, 9.17) is 0 Å². The normalized spacial score (nSPS) is 13.7. The smallest absolute Gasteiger partial charge is 0.145 e. The Kier molecular flexibility index (Phi) is 3.97. The van der Waals surface area contributed by atoms with Crippen LogP contribution >= 0.6 is 0 Å². The molecule has 3 aromatic rings. The molecule has 3 aromatic carbocycles. The minimum Gasteiger partial charge on any atom is -0.263 e. The Morgan fingerprint density at radius 1 is 0.720 bits per heavy atom. The van der Waals surface area contributed by atoms with Crippen molar-refractivity contribution in [1.82, 2.24) is 4.48 Å². The number of nitrogens with zero attached hydrogens (tertiary/aromatic N) is 1. The maximum absolute atomic E-state index is 2.32. The molecule has 1 aliphatic rings. The van der Waals surface area contributed by atoms with Crippen molar-refractivity contribution in [3.63, 3.8) is 0 Å². The molecule has 4 rings (SSSR count). The van der Waals surface area contributed by atoms with Crippen LogP contribution in [0.5, 0.6) is 0 Å². The van der Waals surface area contributed by atoms with Crippen LogP contribution in [-0.2, 0) is 12.8 Å². The van der Waals surface area contributed by atoms with Gasteiger partial charge in [-0.1, -0.05) is 54.1 Å². The van der Waals surface area contributed by atoms with Gasteiger partial charge < -0.3 is 0 Å². The summed E-state index contributed by atoms with van der Waals surface area (Å²) in [4.78, 5) is 0. The molecule has 0 fully saturated rings. The zero-order valence-electron chi connectivity index (χ0n) is 15.4. The number of benzene rings is 3. The van der Waals surface area contributed by atoms with Crippen molar-refractivity contribution >= 4 is 11.4 Å². The first-order chi connectivity index (χ1) is 12.1. The molecule has 1 aliphatic carbocycles. The molecule has 1 nitrogen and oxygen atoms in total. The molecule has 0 heterocycles. The molecule has 0 atom stereocenters. The van der Waals surface area contributed by atoms with E-state index in [9.17, 15) is 0 Å². The molecule has 0 spiro atoms. The summed E-state index contributed by atoms with van der Waals surface area (Å²) < 4.78 is 0.762. The van der Waals surface area contributed by atoms with Gasteiger partial charge in [0.25, 0.3) is 0 Å². The highest BCUT2D eigenvalue weighted by molar-refractivity contribution is 5.84. The first-order valence-corrected chi connectivity index (χ1v) is 9.19. The Balaban J connectivity index is 1.95. The lowest BCUT2D eigenvalue weighted by molar-refractivity contribution is 0.556. The predicted octanol–water partition coefficient (Wildman–Crippen LogP) is 6.05. The SMILES string of the molecule is Cc1ccc([N+](C)(C)c2cccc3c2-c2ccccc2CCC3)cc1. The van der Waals surface area contributed by atoms with Crippen LogP contribution in [-0.4, -0.2) is 14.1 Å². The topological polar surface area (TPSA) is 0 Å². The van der Waals surface area contributed by atoms with E-state index in [1.165, 1.54) is 52.0 Å². The summed E-state index contributed by atoms with van der Waals surface area (Å²) >= 11 is 0. The number of hydrogen-bond acceptors (Lipinski definition) is 0. The third kappa shape index (κ3) is 2.79. The summed E-state index contributed by atoms with van der Waals surface area (Å²) in [7, 11) is 4.60. The maximum atomic E-state index is 2.32. The largest absolute Gasteiger partial charge is 0.263 e. The molecule has 25 heavy (non-hydrogen) atoms. The highest BCUT2D eigenvalue weighted by Crippen LogP contribution is 2.43. The van der Waals surface area contributed by atoms with E-state index in [-0.39, 0.29) is 0 Å². The molecule has 126 valence electrons. The second-order valence-corrected chi connectivity index (χ2v) is 7.61. The minimum absolute atomic E-state index is 0.762. The van der Waals surface area contributed by atoms with Gasteiger partial charge in [-0.15, -0.1) is 0 Å². The fourth-order valence-electron chi connectivity index (χ4n) is 4.08. The monoisotopic (exact) mass is 328 g/mol. The van der Waals surface area contributed by atoms with E-state index in [0.717, 1.165) is 10.9 Å². The van der Waals surface area contributed by atoms with Gasteiger partial charge in [-0.3, -0.25) is 4.48 Å². The van der Waals surface area contributed by atoms with E-state index in [2.05, 4.69) is 87.7 Å². The first kappa shape index (κ1) is 16.1. The molecule has 0 saturated heterocycles. The average Bonchev–Trinajstić information content (AvgIpc) is 2.81. The molecule has 0 amide bonds. The number of fused-ring (bicyclic) bond motifs is 3. The lowest BCUT2D eigenvalue weighted by Crippen LogP contribution is -2.35. The zero-order chi connectivity index (χ0) is 17.4. The van der Waals surface area contributed by atoms with Gasteiger partial charge in [0.1, 0.15) is 11.4 Å². The maximum Gasteiger partial charge on any atom is 0.145 e. The van der Waals surface area contributed by atoms with Crippen LogP contribution in [0.3, 0.4) is 0 Å². The number of hydrogen-bond donors (Lipinski definition) is 0. The molecular formula is C24H26N+. The van der Waals surface area contributed by atoms with Crippen LogP contribution in [0.15, 0.2) is 66.7 Å². The molecule has 1 heteroatoms. The number of aryl methyl sites for hydroxylation is 3. The number of quaternary nitrogens is 1. The van der Waals surface area contributed by atoms with Crippen molar-refractivity contribution in [1.29, 1.82) is 0 Å². The van der Waals surface area contributed by atoms with Crippen LogP contribution in [0, 0.1) is 6.92 Å². The molecule has 0 aliphatic heterocycles. The Labute approximate surface area is 151 Å². The number of rotatable bonds is 2. The average molecular weight is 328 g/mol. The Morgan fingerprint density at radius 3 is 2.20 bits per heavy atom. The van der Waals surface area contributed by atoms with Gasteiger partial charge in [-0.2, -0.15) is 0 Å². The fourth-order valence-corrected chi connectivity index (χ4v) is 4.08. The van der Waals surface area contributed by atoms with Gasteiger partial charge in [0.2, 0.25) is 0 Å². The highest BCUT2D eigenvalue weighted by Gasteiger charge is 2.29. The van der Waals surface area contributed by atoms with Gasteiger partial charge in [0, 0.05) is 11.6 Å². The quantitative estimate of drug-likeness (QED) is 0.502. The van der Waals surface area contributed by atoms with Crippen molar-refractivity contribution in [3.8, 4) is 11.1 Å². The van der Waals surface area contributed by atoms with E-state index >= 15 is 0 Å². The summed E-state index contributed by atoms with van der Waals surface area (Å²) in [5, 5.41) is 0. The van der Waals surface area contributed by atoms with E-state index in [1.807, 2.05) is 0 Å². The summed E-state index contributed by atoms with van der Waals surface area (Å²) in [5.41, 5.74) is 9.85. The predicted molar refractivity (Wildman–Crippen MR) is 108 cm³/mol. The summed E-state index contributed by atoms with van der Waals surface area (Å²) in [5.74, 6) is 0. The molecule has 0 N–H and O–H groups in total. The Morgan fingerprint density at radius 2 is 1.40 bits per heavy atom. The van der Waals surface area contributed by atoms with Crippen molar-refractivity contribution < 1.29 is 0 Å². The van der Waals surface area contributed by atoms with Crippen molar-refractivity contribution in [2.45, 2.75) is 26.2 Å². The first-order valence-electron chi connectivity index (χ1n) is 9.19. The molecule has 0 saturated carbocycles. The molecular weight excluding hydrogens is 302 g/mol. The highest BCUT2D eigenvalue weighted by atomic mass is 15.3. The van der Waals surface area contributed by atoms with Crippen molar-refractivity contribution in [3.05, 3.63) is 83.4 Å².